The van der Waals surface area contributed by atoms with E-state index in [1.165, 1.54) is 18.3 Å². The molecule has 0 saturated heterocycles. The predicted octanol–water partition coefficient (Wildman–Crippen LogP) is 4.84. The van der Waals surface area contributed by atoms with Crippen molar-refractivity contribution in [1.82, 2.24) is 10.7 Å². The topological polar surface area (TPSA) is 130 Å². The lowest BCUT2D eigenvalue weighted by molar-refractivity contribution is -0.384. The number of nitrogens with zero attached hydrogens (tertiary/aromatic N) is 3. The van der Waals surface area contributed by atoms with Gasteiger partial charge >= 0.3 is 0 Å². The molecule has 4 rings (SSSR count). The number of anilines is 1. The average molecular weight is 524 g/mol. The molecule has 196 valence electrons. The number of non-ortho nitro benzene ring substituents is 1. The predicted molar refractivity (Wildman–Crippen MR) is 149 cm³/mol. The number of amides is 2. The molecule has 3 aromatic carbocycles. The third-order valence-electron chi connectivity index (χ3n) is 5.60. The largest absolute Gasteiger partial charge is 0.455 e. The molecule has 0 aliphatic heterocycles. The Labute approximate surface area is 224 Å². The van der Waals surface area contributed by atoms with Crippen molar-refractivity contribution in [2.75, 3.05) is 19.0 Å². The lowest BCUT2D eigenvalue weighted by Crippen LogP contribution is -2.32. The summed E-state index contributed by atoms with van der Waals surface area (Å²) in [5.74, 6) is -0.240. The van der Waals surface area contributed by atoms with Gasteiger partial charge in [-0.15, -0.1) is 0 Å². The highest BCUT2D eigenvalue weighted by Crippen LogP contribution is 2.24. The molecule has 0 bridgehead atoms. The van der Waals surface area contributed by atoms with Crippen molar-refractivity contribution in [2.45, 2.75) is 0 Å². The molecule has 10 nitrogen and oxygen atoms in total. The van der Waals surface area contributed by atoms with E-state index in [0.717, 1.165) is 5.69 Å². The molecule has 0 saturated carbocycles. The maximum atomic E-state index is 13.0. The highest BCUT2D eigenvalue weighted by atomic mass is 16.6. The summed E-state index contributed by atoms with van der Waals surface area (Å²) in [6, 6.07) is 25.3. The number of carbonyl (C=O) groups is 2. The molecule has 0 radical (unpaired) electrons. The quantitative estimate of drug-likeness (QED) is 0.140. The molecule has 0 aliphatic carbocycles. The first-order valence-corrected chi connectivity index (χ1v) is 11.8. The summed E-state index contributed by atoms with van der Waals surface area (Å²) in [5.41, 5.74) is 5.14. The maximum Gasteiger partial charge on any atom is 0.287 e. The molecule has 0 fully saturated rings. The fourth-order valence-corrected chi connectivity index (χ4v) is 3.52. The molecule has 10 heteroatoms. The molecule has 0 unspecified atom stereocenters. The van der Waals surface area contributed by atoms with Gasteiger partial charge in [0.05, 0.1) is 11.1 Å². The third kappa shape index (κ3) is 7.04. The van der Waals surface area contributed by atoms with Crippen molar-refractivity contribution >= 4 is 35.5 Å². The Balaban J connectivity index is 1.49. The van der Waals surface area contributed by atoms with Gasteiger partial charge in [0.25, 0.3) is 17.5 Å². The van der Waals surface area contributed by atoms with E-state index in [1.807, 2.05) is 43.3 Å². The van der Waals surface area contributed by atoms with Gasteiger partial charge in [-0.1, -0.05) is 30.3 Å². The number of hydrazone groups is 1. The first-order chi connectivity index (χ1) is 18.8. The minimum absolute atomic E-state index is 0.00428. The Kier molecular flexibility index (Phi) is 8.27. The van der Waals surface area contributed by atoms with Crippen LogP contribution in [0.15, 0.2) is 106 Å². The van der Waals surface area contributed by atoms with Crippen molar-refractivity contribution in [2.24, 2.45) is 5.10 Å². The minimum atomic E-state index is -0.630. The highest BCUT2D eigenvalue weighted by Gasteiger charge is 2.15. The maximum absolute atomic E-state index is 13.0. The number of nitro groups is 1. The van der Waals surface area contributed by atoms with E-state index < -0.39 is 16.7 Å². The van der Waals surface area contributed by atoms with Crippen molar-refractivity contribution in [1.29, 1.82) is 0 Å². The molecule has 0 aliphatic rings. The van der Waals surface area contributed by atoms with Crippen LogP contribution in [0, 0.1) is 10.1 Å². The number of rotatable bonds is 9. The highest BCUT2D eigenvalue weighted by molar-refractivity contribution is 6.05. The normalized spacial score (nSPS) is 11.3. The zero-order valence-electron chi connectivity index (χ0n) is 21.2. The van der Waals surface area contributed by atoms with Crippen molar-refractivity contribution in [3.63, 3.8) is 0 Å². The molecule has 1 heterocycles. The van der Waals surface area contributed by atoms with Crippen LogP contribution in [0.4, 0.5) is 11.4 Å². The second-order valence-corrected chi connectivity index (χ2v) is 8.57. The molecule has 2 amide bonds. The molecule has 0 atom stereocenters. The van der Waals surface area contributed by atoms with Gasteiger partial charge in [0.1, 0.15) is 17.2 Å². The van der Waals surface area contributed by atoms with Crippen LogP contribution < -0.4 is 15.6 Å². The number of hydrogen-bond donors (Lipinski definition) is 2. The minimum Gasteiger partial charge on any atom is -0.455 e. The summed E-state index contributed by atoms with van der Waals surface area (Å²) in [4.78, 5) is 38.1. The van der Waals surface area contributed by atoms with E-state index in [2.05, 4.69) is 15.8 Å². The van der Waals surface area contributed by atoms with E-state index >= 15 is 0 Å². The Morgan fingerprint density at radius 3 is 2.26 bits per heavy atom. The molecular weight excluding hydrogens is 498 g/mol. The zero-order valence-corrected chi connectivity index (χ0v) is 21.2. The van der Waals surface area contributed by atoms with Gasteiger partial charge in [-0.2, -0.15) is 5.10 Å². The lowest BCUT2D eigenvalue weighted by atomic mass is 10.1. The Bertz CT molecular complexity index is 1520. The van der Waals surface area contributed by atoms with Crippen molar-refractivity contribution in [3.05, 3.63) is 124 Å². The van der Waals surface area contributed by atoms with Crippen LogP contribution >= 0.6 is 0 Å². The van der Waals surface area contributed by atoms with Crippen LogP contribution in [0.2, 0.25) is 0 Å². The zero-order chi connectivity index (χ0) is 27.8. The molecule has 39 heavy (non-hydrogen) atoms. The van der Waals surface area contributed by atoms with Crippen LogP contribution in [-0.2, 0) is 4.79 Å². The number of nitro benzene ring substituents is 1. The van der Waals surface area contributed by atoms with E-state index in [9.17, 15) is 19.7 Å². The van der Waals surface area contributed by atoms with Gasteiger partial charge < -0.3 is 14.6 Å². The monoisotopic (exact) mass is 523 g/mol. The van der Waals surface area contributed by atoms with Crippen LogP contribution in [0.3, 0.4) is 0 Å². The van der Waals surface area contributed by atoms with Gasteiger partial charge in [-0.3, -0.25) is 19.7 Å². The Morgan fingerprint density at radius 2 is 1.62 bits per heavy atom. The lowest BCUT2D eigenvalue weighted by Gasteiger charge is -2.12. The van der Waals surface area contributed by atoms with E-state index in [-0.39, 0.29) is 11.4 Å². The Hall–Kier alpha value is -5.51. The molecule has 4 aromatic rings. The summed E-state index contributed by atoms with van der Waals surface area (Å²) < 4.78 is 5.70. The molecule has 1 aromatic heterocycles. The number of benzene rings is 3. The van der Waals surface area contributed by atoms with Gasteiger partial charge in [0, 0.05) is 43.0 Å². The van der Waals surface area contributed by atoms with Crippen LogP contribution in [0.5, 0.6) is 0 Å². The van der Waals surface area contributed by atoms with Crippen LogP contribution in [-0.4, -0.2) is 37.0 Å². The second-order valence-electron chi connectivity index (χ2n) is 8.57. The van der Waals surface area contributed by atoms with Crippen molar-refractivity contribution in [3.8, 4) is 11.3 Å². The summed E-state index contributed by atoms with van der Waals surface area (Å²) in [7, 11) is 3.85. The van der Waals surface area contributed by atoms with Crippen LogP contribution in [0.1, 0.15) is 21.7 Å². The van der Waals surface area contributed by atoms with E-state index in [4.69, 9.17) is 4.42 Å². The van der Waals surface area contributed by atoms with Gasteiger partial charge in [0.2, 0.25) is 0 Å². The summed E-state index contributed by atoms with van der Waals surface area (Å²) >= 11 is 0. The summed E-state index contributed by atoms with van der Waals surface area (Å²) in [6.07, 6.45) is 2.88. The fraction of sp³-hybridized carbons (Fsp3) is 0.0690. The number of carbonyl (C=O) groups excluding carboxylic acids is 2. The first kappa shape index (κ1) is 26.6. The Morgan fingerprint density at radius 1 is 0.923 bits per heavy atom. The standard InChI is InChI=1S/C29H25N5O5/c1-33(2)23-12-8-20(9-13-23)18-26(31-28(35)22-6-4-3-5-7-22)29(36)32-30-19-25-16-17-27(39-25)21-10-14-24(15-11-21)34(37)38/h3-19H,1-2H3,(H,31,35)(H,32,36)/b26-18-,30-19-. The van der Waals surface area contributed by atoms with Gasteiger partial charge in [-0.25, -0.2) is 5.43 Å². The fourth-order valence-electron chi connectivity index (χ4n) is 3.52. The number of nitrogens with one attached hydrogen (secondary N) is 2. The first-order valence-electron chi connectivity index (χ1n) is 11.8. The van der Waals surface area contributed by atoms with E-state index in [1.54, 1.807) is 60.7 Å². The molecule has 2 N–H and O–H groups in total. The third-order valence-corrected chi connectivity index (χ3v) is 5.60. The van der Waals surface area contributed by atoms with Gasteiger partial charge in [-0.05, 0) is 60.2 Å². The summed E-state index contributed by atoms with van der Waals surface area (Å²) in [6.45, 7) is 0. The number of furan rings is 1. The van der Waals surface area contributed by atoms with Crippen molar-refractivity contribution < 1.29 is 18.9 Å². The van der Waals surface area contributed by atoms with Gasteiger partial charge in [0.15, 0.2) is 0 Å². The molecular formula is C29H25N5O5. The van der Waals surface area contributed by atoms with E-state index in [0.29, 0.717) is 28.2 Å². The SMILES string of the molecule is CN(C)c1ccc(/C=C(\NC(=O)c2ccccc2)C(=O)N/N=C\c2ccc(-c3ccc([N+](=O)[O-])cc3)o2)cc1. The van der Waals surface area contributed by atoms with Crippen LogP contribution in [0.25, 0.3) is 17.4 Å². The second kappa shape index (κ2) is 12.2. The smallest absolute Gasteiger partial charge is 0.287 e. The molecule has 0 spiro atoms. The summed E-state index contributed by atoms with van der Waals surface area (Å²) in [5, 5.41) is 17.5. The number of hydrogen-bond acceptors (Lipinski definition) is 7. The average Bonchev–Trinajstić information content (AvgIpc) is 3.42.